The molecule has 80 valence electrons. The van der Waals surface area contributed by atoms with Gasteiger partial charge in [0, 0.05) is 0 Å². The average Bonchev–Trinajstić information content (AvgIpc) is 2.18. The Labute approximate surface area is 89.4 Å². The molecule has 0 rings (SSSR count). The molecule has 0 heteroatoms. The molecule has 0 fully saturated rings. The fourth-order valence-electron chi connectivity index (χ4n) is 1.39. The molecule has 0 radical (unpaired) electrons. The van der Waals surface area contributed by atoms with Gasteiger partial charge in [-0.25, -0.2) is 0 Å². The van der Waals surface area contributed by atoms with Gasteiger partial charge in [0.15, 0.2) is 0 Å². The lowest BCUT2D eigenvalue weighted by atomic mass is 10.00. The Hall–Kier alpha value is -0.780. The highest BCUT2D eigenvalue weighted by atomic mass is 14.0. The predicted molar refractivity (Wildman–Crippen MR) is 66.4 cm³/mol. The molecule has 0 aliphatic heterocycles. The number of hydrogen-bond donors (Lipinski definition) is 0. The van der Waals surface area contributed by atoms with Gasteiger partial charge in [0.2, 0.25) is 0 Å². The van der Waals surface area contributed by atoms with E-state index < -0.39 is 0 Å². The second-order valence-corrected chi connectivity index (χ2v) is 3.89. The summed E-state index contributed by atoms with van der Waals surface area (Å²) in [6.45, 7) is 8.21. The lowest BCUT2D eigenvalue weighted by Crippen LogP contribution is -1.91. The third-order valence-electron chi connectivity index (χ3n) is 2.33. The van der Waals surface area contributed by atoms with Gasteiger partial charge in [0.25, 0.3) is 0 Å². The molecular formula is C14H24. The Morgan fingerprint density at radius 3 is 2.57 bits per heavy atom. The molecule has 0 aromatic rings. The molecule has 0 spiro atoms. The largest absolute Gasteiger partial charge is 0.0991 e. The summed E-state index contributed by atoms with van der Waals surface area (Å²) in [5.74, 6) is 0.829. The summed E-state index contributed by atoms with van der Waals surface area (Å²) in [6, 6.07) is 0. The van der Waals surface area contributed by atoms with Crippen molar-refractivity contribution in [3.8, 4) is 0 Å². The van der Waals surface area contributed by atoms with Gasteiger partial charge in [-0.3, -0.25) is 0 Å². The van der Waals surface area contributed by atoms with Crippen molar-refractivity contribution in [1.29, 1.82) is 0 Å². The van der Waals surface area contributed by atoms with E-state index in [-0.39, 0.29) is 0 Å². The number of hydrogen-bond acceptors (Lipinski definition) is 0. The summed E-state index contributed by atoms with van der Waals surface area (Å²) in [5.41, 5.74) is 0. The molecule has 1 atom stereocenters. The van der Waals surface area contributed by atoms with Gasteiger partial charge >= 0.3 is 0 Å². The van der Waals surface area contributed by atoms with E-state index in [4.69, 9.17) is 0 Å². The standard InChI is InChI=1S/C14H24/c1-4-6-8-9-11-13-14(3)12-10-7-5-2/h4,6,8-9,11,14H,1,5,7,10,12-13H2,2-3H3/b8-6-,11-9-. The van der Waals surface area contributed by atoms with E-state index >= 15 is 0 Å². The first kappa shape index (κ1) is 13.2. The molecule has 0 bridgehead atoms. The van der Waals surface area contributed by atoms with Crippen LogP contribution in [0.25, 0.3) is 0 Å². The molecule has 0 saturated heterocycles. The van der Waals surface area contributed by atoms with E-state index in [0.29, 0.717) is 0 Å². The van der Waals surface area contributed by atoms with Gasteiger partial charge in [-0.1, -0.05) is 76.5 Å². The summed E-state index contributed by atoms with van der Waals surface area (Å²) in [4.78, 5) is 0. The average molecular weight is 192 g/mol. The molecule has 1 unspecified atom stereocenters. The van der Waals surface area contributed by atoms with Crippen molar-refractivity contribution in [2.45, 2.75) is 46.0 Å². The Kier molecular flexibility index (Phi) is 9.73. The van der Waals surface area contributed by atoms with Crippen molar-refractivity contribution in [2.75, 3.05) is 0 Å². The van der Waals surface area contributed by atoms with E-state index in [2.05, 4.69) is 32.6 Å². The lowest BCUT2D eigenvalue weighted by molar-refractivity contribution is 0.501. The van der Waals surface area contributed by atoms with Gasteiger partial charge in [0.1, 0.15) is 0 Å². The van der Waals surface area contributed by atoms with Gasteiger partial charge in [0.05, 0.1) is 0 Å². The Balaban J connectivity index is 3.42. The Morgan fingerprint density at radius 1 is 1.14 bits per heavy atom. The quantitative estimate of drug-likeness (QED) is 0.379. The maximum absolute atomic E-state index is 3.62. The normalized spacial score (nSPS) is 13.9. The van der Waals surface area contributed by atoms with Crippen LogP contribution in [0.5, 0.6) is 0 Å². The number of rotatable bonds is 8. The molecule has 0 aliphatic rings. The predicted octanol–water partition coefficient (Wildman–Crippen LogP) is 4.89. The molecule has 14 heavy (non-hydrogen) atoms. The second kappa shape index (κ2) is 10.3. The zero-order valence-corrected chi connectivity index (χ0v) is 9.71. The fourth-order valence-corrected chi connectivity index (χ4v) is 1.39. The summed E-state index contributed by atoms with van der Waals surface area (Å²) in [6.07, 6.45) is 16.8. The van der Waals surface area contributed by atoms with Crippen LogP contribution in [0.1, 0.15) is 46.0 Å². The van der Waals surface area contributed by atoms with Crippen LogP contribution in [0.2, 0.25) is 0 Å². The van der Waals surface area contributed by atoms with E-state index in [1.807, 2.05) is 12.2 Å². The summed E-state index contributed by atoms with van der Waals surface area (Å²) in [5, 5.41) is 0. The van der Waals surface area contributed by atoms with E-state index in [1.165, 1.54) is 32.1 Å². The van der Waals surface area contributed by atoms with Crippen molar-refractivity contribution in [1.82, 2.24) is 0 Å². The Bertz CT molecular complexity index is 174. The Morgan fingerprint density at radius 2 is 1.93 bits per heavy atom. The minimum atomic E-state index is 0.829. The maximum atomic E-state index is 3.62. The van der Waals surface area contributed by atoms with Crippen LogP contribution < -0.4 is 0 Å². The van der Waals surface area contributed by atoms with Crippen LogP contribution in [0.15, 0.2) is 37.0 Å². The van der Waals surface area contributed by atoms with Crippen molar-refractivity contribution >= 4 is 0 Å². The molecule has 0 N–H and O–H groups in total. The van der Waals surface area contributed by atoms with Gasteiger partial charge < -0.3 is 0 Å². The molecule has 0 aromatic heterocycles. The maximum Gasteiger partial charge on any atom is -0.0322 e. The highest BCUT2D eigenvalue weighted by Crippen LogP contribution is 2.13. The van der Waals surface area contributed by atoms with Crippen molar-refractivity contribution < 1.29 is 0 Å². The molecule has 0 amide bonds. The minimum absolute atomic E-state index is 0.829. The second-order valence-electron chi connectivity index (χ2n) is 3.89. The lowest BCUT2D eigenvalue weighted by Gasteiger charge is -2.06. The highest BCUT2D eigenvalue weighted by molar-refractivity contribution is 5.08. The first-order chi connectivity index (χ1) is 6.81. The fraction of sp³-hybridized carbons (Fsp3) is 0.571. The van der Waals surface area contributed by atoms with Crippen LogP contribution in [0.3, 0.4) is 0 Å². The topological polar surface area (TPSA) is 0 Å². The van der Waals surface area contributed by atoms with Gasteiger partial charge in [-0.15, -0.1) is 0 Å². The first-order valence-corrected chi connectivity index (χ1v) is 5.75. The zero-order chi connectivity index (χ0) is 10.6. The molecule has 0 heterocycles. The van der Waals surface area contributed by atoms with Crippen LogP contribution in [-0.2, 0) is 0 Å². The molecular weight excluding hydrogens is 168 g/mol. The van der Waals surface area contributed by atoms with Gasteiger partial charge in [-0.2, -0.15) is 0 Å². The van der Waals surface area contributed by atoms with Crippen molar-refractivity contribution in [2.24, 2.45) is 5.92 Å². The minimum Gasteiger partial charge on any atom is -0.0991 e. The van der Waals surface area contributed by atoms with E-state index in [0.717, 1.165) is 5.92 Å². The summed E-state index contributed by atoms with van der Waals surface area (Å²) >= 11 is 0. The van der Waals surface area contributed by atoms with Crippen LogP contribution in [0.4, 0.5) is 0 Å². The number of allylic oxidation sites excluding steroid dienone is 5. The molecule has 0 saturated carbocycles. The summed E-state index contributed by atoms with van der Waals surface area (Å²) in [7, 11) is 0. The number of unbranched alkanes of at least 4 members (excludes halogenated alkanes) is 2. The third kappa shape index (κ3) is 9.31. The first-order valence-electron chi connectivity index (χ1n) is 5.75. The van der Waals surface area contributed by atoms with Crippen LogP contribution in [-0.4, -0.2) is 0 Å². The van der Waals surface area contributed by atoms with Gasteiger partial charge in [-0.05, 0) is 12.3 Å². The monoisotopic (exact) mass is 192 g/mol. The molecule has 0 nitrogen and oxygen atoms in total. The zero-order valence-electron chi connectivity index (χ0n) is 9.71. The SMILES string of the molecule is C=C/C=C\C=C/CC(C)CCCCC. The van der Waals surface area contributed by atoms with Crippen molar-refractivity contribution in [3.05, 3.63) is 37.0 Å². The third-order valence-corrected chi connectivity index (χ3v) is 2.33. The van der Waals surface area contributed by atoms with Crippen molar-refractivity contribution in [3.63, 3.8) is 0 Å². The summed E-state index contributed by atoms with van der Waals surface area (Å²) < 4.78 is 0. The molecule has 0 aromatic carbocycles. The van der Waals surface area contributed by atoms with Crippen LogP contribution >= 0.6 is 0 Å². The molecule has 0 aliphatic carbocycles. The van der Waals surface area contributed by atoms with E-state index in [9.17, 15) is 0 Å². The van der Waals surface area contributed by atoms with Crippen LogP contribution in [0, 0.1) is 5.92 Å². The van der Waals surface area contributed by atoms with E-state index in [1.54, 1.807) is 6.08 Å². The highest BCUT2D eigenvalue weighted by Gasteiger charge is 1.97. The smallest absolute Gasteiger partial charge is 0.0322 e.